The number of rotatable bonds is 5. The molecule has 154 valence electrons. The summed E-state index contributed by atoms with van der Waals surface area (Å²) in [5.74, 6) is -0.263. The first-order chi connectivity index (χ1) is 14.1. The molecule has 2 saturated heterocycles. The highest BCUT2D eigenvalue weighted by Crippen LogP contribution is 2.36. The molecule has 4 rings (SSSR count). The van der Waals surface area contributed by atoms with Crippen molar-refractivity contribution < 1.29 is 9.59 Å². The predicted molar refractivity (Wildman–Crippen MR) is 108 cm³/mol. The van der Waals surface area contributed by atoms with Gasteiger partial charge in [-0.3, -0.25) is 19.5 Å². The van der Waals surface area contributed by atoms with E-state index in [9.17, 15) is 14.4 Å². The van der Waals surface area contributed by atoms with Gasteiger partial charge in [-0.2, -0.15) is 5.10 Å². The molecule has 2 bridgehead atoms. The fourth-order valence-electron chi connectivity index (χ4n) is 4.76. The minimum Gasteiger partial charge on any atom is -0.347 e. The van der Waals surface area contributed by atoms with Crippen LogP contribution in [0.15, 0.2) is 29.3 Å². The molecular formula is C21H27N5O3. The zero-order valence-corrected chi connectivity index (χ0v) is 16.6. The van der Waals surface area contributed by atoms with Crippen molar-refractivity contribution in [1.82, 2.24) is 25.4 Å². The average molecular weight is 397 g/mol. The number of pyridine rings is 1. The lowest BCUT2D eigenvalue weighted by Gasteiger charge is -2.33. The molecule has 3 unspecified atom stereocenters. The lowest BCUT2D eigenvalue weighted by Crippen LogP contribution is -2.51. The summed E-state index contributed by atoms with van der Waals surface area (Å²) in [6, 6.07) is 2.94. The van der Waals surface area contributed by atoms with Crippen LogP contribution in [0.2, 0.25) is 0 Å². The normalized spacial score (nSPS) is 23.6. The molecule has 0 spiro atoms. The van der Waals surface area contributed by atoms with Crippen molar-refractivity contribution >= 4 is 11.8 Å². The largest absolute Gasteiger partial charge is 0.347 e. The summed E-state index contributed by atoms with van der Waals surface area (Å²) in [5, 5.41) is 10.1. The predicted octanol–water partition coefficient (Wildman–Crippen LogP) is 2.01. The van der Waals surface area contributed by atoms with Gasteiger partial charge in [0.05, 0.1) is 17.8 Å². The van der Waals surface area contributed by atoms with Crippen LogP contribution in [0.3, 0.4) is 0 Å². The molecule has 2 aliphatic heterocycles. The fourth-order valence-corrected chi connectivity index (χ4v) is 4.76. The Hall–Kier alpha value is -2.90. The van der Waals surface area contributed by atoms with Crippen molar-refractivity contribution in [2.75, 3.05) is 0 Å². The Balaban J connectivity index is 1.56. The van der Waals surface area contributed by atoms with Gasteiger partial charge in [0.25, 0.3) is 11.8 Å². The molecule has 2 aromatic rings. The number of nitrogens with one attached hydrogen (secondary N) is 3. The lowest BCUT2D eigenvalue weighted by molar-refractivity contribution is 0.0632. The molecule has 2 aliphatic rings. The van der Waals surface area contributed by atoms with Crippen LogP contribution >= 0.6 is 0 Å². The quantitative estimate of drug-likeness (QED) is 0.716. The van der Waals surface area contributed by atoms with E-state index in [4.69, 9.17) is 0 Å². The zero-order valence-electron chi connectivity index (χ0n) is 16.6. The van der Waals surface area contributed by atoms with E-state index >= 15 is 0 Å². The van der Waals surface area contributed by atoms with Gasteiger partial charge in [-0.25, -0.2) is 0 Å². The summed E-state index contributed by atoms with van der Waals surface area (Å²) < 4.78 is 0. The third-order valence-corrected chi connectivity index (χ3v) is 6.10. The van der Waals surface area contributed by atoms with Gasteiger partial charge in [0.1, 0.15) is 0 Å². The molecule has 0 aliphatic carbocycles. The summed E-state index contributed by atoms with van der Waals surface area (Å²) in [7, 11) is 0. The van der Waals surface area contributed by atoms with E-state index in [1.807, 2.05) is 4.90 Å². The number of hydrogen-bond donors (Lipinski definition) is 3. The van der Waals surface area contributed by atoms with Gasteiger partial charge in [0.15, 0.2) is 0 Å². The second-order valence-corrected chi connectivity index (χ2v) is 7.98. The van der Waals surface area contributed by atoms with E-state index in [2.05, 4.69) is 27.4 Å². The monoisotopic (exact) mass is 397 g/mol. The maximum Gasteiger partial charge on any atom is 0.257 e. The summed E-state index contributed by atoms with van der Waals surface area (Å²) in [6.45, 7) is 2.07. The smallest absolute Gasteiger partial charge is 0.257 e. The number of fused-ring (bicyclic) bond motifs is 2. The highest BCUT2D eigenvalue weighted by Gasteiger charge is 2.44. The first-order valence-electron chi connectivity index (χ1n) is 10.4. The second-order valence-electron chi connectivity index (χ2n) is 7.98. The highest BCUT2D eigenvalue weighted by atomic mass is 16.2. The molecule has 0 saturated carbocycles. The fraction of sp³-hybridized carbons (Fsp3) is 0.524. The van der Waals surface area contributed by atoms with Gasteiger partial charge in [-0.1, -0.05) is 13.3 Å². The standard InChI is InChI=1S/C21H27N5O3/c1-2-4-16-15(12-23-25-16)21(29)26-14-5-3-6-17(18(26)8-7-14)24-20(28)13-9-10-22-19(27)11-13/h9-12,14,17-18H,2-8H2,1H3,(H,22,27)(H,23,25)(H,24,28). The average Bonchev–Trinajstić information content (AvgIpc) is 3.29. The molecule has 29 heavy (non-hydrogen) atoms. The van der Waals surface area contributed by atoms with Crippen molar-refractivity contribution in [3.63, 3.8) is 0 Å². The van der Waals surface area contributed by atoms with Gasteiger partial charge in [0.2, 0.25) is 5.56 Å². The summed E-state index contributed by atoms with van der Waals surface area (Å²) in [5.41, 5.74) is 1.56. The summed E-state index contributed by atoms with van der Waals surface area (Å²) in [4.78, 5) is 42.2. The Morgan fingerprint density at radius 1 is 1.28 bits per heavy atom. The number of H-pyrrole nitrogens is 2. The summed E-state index contributed by atoms with van der Waals surface area (Å²) >= 11 is 0. The second kappa shape index (κ2) is 8.23. The number of nitrogens with zero attached hydrogens (tertiary/aromatic N) is 2. The van der Waals surface area contributed by atoms with Crippen LogP contribution in [0.5, 0.6) is 0 Å². The molecule has 8 nitrogen and oxygen atoms in total. The van der Waals surface area contributed by atoms with E-state index in [1.54, 1.807) is 12.3 Å². The maximum atomic E-state index is 13.4. The first-order valence-corrected chi connectivity index (χ1v) is 10.4. The SMILES string of the molecule is CCCc1[nH]ncc1C(=O)N1C2CCCC(NC(=O)c3cc[nH]c(=O)c3)C1CC2. The Kier molecular flexibility index (Phi) is 5.51. The molecule has 2 aromatic heterocycles. The third-order valence-electron chi connectivity index (χ3n) is 6.10. The van der Waals surface area contributed by atoms with E-state index in [0.717, 1.165) is 50.6 Å². The molecule has 2 amide bonds. The topological polar surface area (TPSA) is 111 Å². The molecule has 2 fully saturated rings. The number of carbonyl (C=O) groups excluding carboxylic acids is 2. The molecule has 4 heterocycles. The van der Waals surface area contributed by atoms with Gasteiger partial charge in [0, 0.05) is 35.6 Å². The zero-order chi connectivity index (χ0) is 20.4. The van der Waals surface area contributed by atoms with E-state index in [0.29, 0.717) is 11.1 Å². The Bertz CT molecular complexity index is 950. The molecule has 0 radical (unpaired) electrons. The van der Waals surface area contributed by atoms with Gasteiger partial charge >= 0.3 is 0 Å². The van der Waals surface area contributed by atoms with Crippen molar-refractivity contribution in [3.05, 3.63) is 51.7 Å². The number of amides is 2. The first kappa shape index (κ1) is 19.4. The van der Waals surface area contributed by atoms with Crippen LogP contribution in [-0.4, -0.2) is 50.0 Å². The van der Waals surface area contributed by atoms with E-state index in [-0.39, 0.29) is 35.5 Å². The van der Waals surface area contributed by atoms with Crippen LogP contribution in [0.4, 0.5) is 0 Å². The molecule has 0 aromatic carbocycles. The van der Waals surface area contributed by atoms with E-state index < -0.39 is 0 Å². The number of aromatic nitrogens is 3. The molecular weight excluding hydrogens is 370 g/mol. The van der Waals surface area contributed by atoms with Crippen molar-refractivity contribution in [1.29, 1.82) is 0 Å². The van der Waals surface area contributed by atoms with Crippen molar-refractivity contribution in [3.8, 4) is 0 Å². The lowest BCUT2D eigenvalue weighted by atomic mass is 9.96. The van der Waals surface area contributed by atoms with Crippen LogP contribution in [0, 0.1) is 0 Å². The van der Waals surface area contributed by atoms with Gasteiger partial charge in [-0.15, -0.1) is 0 Å². The van der Waals surface area contributed by atoms with Gasteiger partial charge in [-0.05, 0) is 44.6 Å². The number of aromatic amines is 2. The van der Waals surface area contributed by atoms with Crippen molar-refractivity contribution in [2.24, 2.45) is 0 Å². The summed E-state index contributed by atoms with van der Waals surface area (Å²) in [6.07, 6.45) is 9.37. The Morgan fingerprint density at radius 2 is 2.14 bits per heavy atom. The Labute approximate surface area is 169 Å². The number of hydrogen-bond acceptors (Lipinski definition) is 4. The highest BCUT2D eigenvalue weighted by molar-refractivity contribution is 5.96. The molecule has 8 heteroatoms. The minimum atomic E-state index is -0.306. The van der Waals surface area contributed by atoms with Gasteiger partial charge < -0.3 is 15.2 Å². The van der Waals surface area contributed by atoms with Crippen LogP contribution < -0.4 is 10.9 Å². The minimum absolute atomic E-state index is 0.00649. The van der Waals surface area contributed by atoms with Crippen LogP contribution in [-0.2, 0) is 6.42 Å². The maximum absolute atomic E-state index is 13.4. The van der Waals surface area contributed by atoms with Crippen molar-refractivity contribution in [2.45, 2.75) is 70.0 Å². The van der Waals surface area contributed by atoms with E-state index in [1.165, 1.54) is 12.3 Å². The number of carbonyl (C=O) groups is 2. The third kappa shape index (κ3) is 3.83. The molecule has 3 N–H and O–H groups in total. The van der Waals surface area contributed by atoms with Crippen LogP contribution in [0.25, 0.3) is 0 Å². The molecule has 3 atom stereocenters. The Morgan fingerprint density at radius 3 is 2.93 bits per heavy atom. The van der Waals surface area contributed by atoms with Crippen LogP contribution in [0.1, 0.15) is 71.9 Å². The number of aryl methyl sites for hydroxylation is 1.